The molecule has 100 valence electrons. The lowest BCUT2D eigenvalue weighted by Crippen LogP contribution is -2.22. The van der Waals surface area contributed by atoms with Crippen molar-refractivity contribution in [2.24, 2.45) is 11.1 Å². The van der Waals surface area contributed by atoms with E-state index in [1.54, 1.807) is 7.11 Å². The zero-order chi connectivity index (χ0) is 13.5. The zero-order valence-corrected chi connectivity index (χ0v) is 11.8. The Bertz CT molecular complexity index is 482. The largest absolute Gasteiger partial charge is 0.492 e. The predicted molar refractivity (Wildman–Crippen MR) is 74.4 cm³/mol. The average Bonchev–Trinajstić information content (AvgIpc) is 2.78. The molecule has 1 aliphatic rings. The molecule has 1 aliphatic heterocycles. The summed E-state index contributed by atoms with van der Waals surface area (Å²) < 4.78 is 5.32. The van der Waals surface area contributed by atoms with E-state index < -0.39 is 5.91 Å². The van der Waals surface area contributed by atoms with Crippen LogP contribution in [0.15, 0.2) is 0 Å². The van der Waals surface area contributed by atoms with E-state index >= 15 is 0 Å². The summed E-state index contributed by atoms with van der Waals surface area (Å²) in [6, 6.07) is 0. The quantitative estimate of drug-likeness (QED) is 0.874. The molecule has 0 aromatic carbocycles. The molecule has 18 heavy (non-hydrogen) atoms. The summed E-state index contributed by atoms with van der Waals surface area (Å²) in [4.78, 5) is 13.9. The van der Waals surface area contributed by atoms with E-state index in [0.717, 1.165) is 24.5 Å². The Kier molecular flexibility index (Phi) is 3.14. The predicted octanol–water partition coefficient (Wildman–Crippen LogP) is 1.67. The van der Waals surface area contributed by atoms with Crippen LogP contribution in [-0.4, -0.2) is 26.1 Å². The van der Waals surface area contributed by atoms with Crippen LogP contribution in [0.25, 0.3) is 0 Å². The molecule has 0 aliphatic carbocycles. The number of nitrogen functional groups attached to an aromatic ring is 1. The summed E-state index contributed by atoms with van der Waals surface area (Å²) in [5.74, 6) is 0.0759. The number of hydrogen-bond acceptors (Lipinski definition) is 5. The van der Waals surface area contributed by atoms with Gasteiger partial charge in [-0.15, -0.1) is 11.3 Å². The van der Waals surface area contributed by atoms with Gasteiger partial charge < -0.3 is 21.1 Å². The minimum absolute atomic E-state index is 0.274. The number of carbonyl (C=O) groups is 1. The van der Waals surface area contributed by atoms with Crippen LogP contribution in [0, 0.1) is 5.41 Å². The van der Waals surface area contributed by atoms with Crippen molar-refractivity contribution in [3.8, 4) is 5.75 Å². The number of amides is 1. The number of nitrogens with two attached hydrogens (primary N) is 2. The first kappa shape index (κ1) is 13.0. The number of carbonyl (C=O) groups excluding carboxylic acids is 1. The topological polar surface area (TPSA) is 81.6 Å². The number of primary amides is 1. The lowest BCUT2D eigenvalue weighted by Gasteiger charge is -2.20. The Morgan fingerprint density at radius 1 is 1.50 bits per heavy atom. The van der Waals surface area contributed by atoms with Crippen molar-refractivity contribution in [1.82, 2.24) is 0 Å². The van der Waals surface area contributed by atoms with E-state index in [9.17, 15) is 4.79 Å². The summed E-state index contributed by atoms with van der Waals surface area (Å²) in [5.41, 5.74) is 11.9. The van der Waals surface area contributed by atoms with Crippen LogP contribution in [-0.2, 0) is 0 Å². The van der Waals surface area contributed by atoms with E-state index in [4.69, 9.17) is 16.2 Å². The molecule has 0 saturated carbocycles. The molecule has 1 amide bonds. The maximum atomic E-state index is 11.3. The molecular formula is C12H19N3O2S. The molecule has 1 saturated heterocycles. The monoisotopic (exact) mass is 269 g/mol. The molecule has 0 unspecified atom stereocenters. The van der Waals surface area contributed by atoms with Gasteiger partial charge in [0.05, 0.1) is 7.11 Å². The van der Waals surface area contributed by atoms with Crippen molar-refractivity contribution in [1.29, 1.82) is 0 Å². The smallest absolute Gasteiger partial charge is 0.261 e. The van der Waals surface area contributed by atoms with Gasteiger partial charge in [0, 0.05) is 13.1 Å². The average molecular weight is 269 g/mol. The Morgan fingerprint density at radius 3 is 2.61 bits per heavy atom. The highest BCUT2D eigenvalue weighted by Crippen LogP contribution is 2.47. The molecule has 0 bridgehead atoms. The second-order valence-corrected chi connectivity index (χ2v) is 6.38. The van der Waals surface area contributed by atoms with Crippen molar-refractivity contribution in [3.05, 3.63) is 4.88 Å². The third-order valence-electron chi connectivity index (χ3n) is 3.27. The summed E-state index contributed by atoms with van der Waals surface area (Å²) in [6.45, 7) is 6.33. The SMILES string of the molecule is COc1c(N2CCC(C)(C)C2)sc(C(N)=O)c1N. The van der Waals surface area contributed by atoms with Gasteiger partial charge in [-0.25, -0.2) is 0 Å². The van der Waals surface area contributed by atoms with Crippen LogP contribution in [0.4, 0.5) is 10.7 Å². The van der Waals surface area contributed by atoms with Gasteiger partial charge >= 0.3 is 0 Å². The second kappa shape index (κ2) is 4.35. The highest BCUT2D eigenvalue weighted by atomic mass is 32.1. The second-order valence-electron chi connectivity index (χ2n) is 5.38. The van der Waals surface area contributed by atoms with Gasteiger partial charge in [0.2, 0.25) is 0 Å². The molecule has 1 fully saturated rings. The number of hydrogen-bond donors (Lipinski definition) is 2. The first-order valence-corrected chi connectivity index (χ1v) is 6.68. The maximum Gasteiger partial charge on any atom is 0.261 e. The normalized spacial score (nSPS) is 18.1. The molecule has 2 rings (SSSR count). The first-order chi connectivity index (χ1) is 8.35. The third-order valence-corrected chi connectivity index (χ3v) is 4.54. The van der Waals surface area contributed by atoms with Crippen LogP contribution < -0.4 is 21.1 Å². The third kappa shape index (κ3) is 2.12. The van der Waals surface area contributed by atoms with Gasteiger partial charge in [0.15, 0.2) is 5.75 Å². The van der Waals surface area contributed by atoms with Gasteiger partial charge in [-0.3, -0.25) is 4.79 Å². The van der Waals surface area contributed by atoms with E-state index in [1.807, 2.05) is 0 Å². The fourth-order valence-corrected chi connectivity index (χ4v) is 3.36. The summed E-state index contributed by atoms with van der Waals surface area (Å²) in [5, 5.41) is 0.911. The number of methoxy groups -OCH3 is 1. The molecule has 4 N–H and O–H groups in total. The lowest BCUT2D eigenvalue weighted by molar-refractivity contribution is 0.100. The highest BCUT2D eigenvalue weighted by Gasteiger charge is 2.33. The van der Waals surface area contributed by atoms with Gasteiger partial charge in [-0.1, -0.05) is 13.8 Å². The van der Waals surface area contributed by atoms with Gasteiger partial charge in [-0.2, -0.15) is 0 Å². The Labute approximate surface area is 111 Å². The number of rotatable bonds is 3. The summed E-state index contributed by atoms with van der Waals surface area (Å²) >= 11 is 1.32. The highest BCUT2D eigenvalue weighted by molar-refractivity contribution is 7.19. The number of ether oxygens (including phenoxy) is 1. The Hall–Kier alpha value is -1.43. The summed E-state index contributed by atoms with van der Waals surface area (Å²) in [7, 11) is 1.56. The number of nitrogens with zero attached hydrogens (tertiary/aromatic N) is 1. The van der Waals surface area contributed by atoms with Crippen LogP contribution in [0.5, 0.6) is 5.75 Å². The molecule has 2 heterocycles. The van der Waals surface area contributed by atoms with Crippen LogP contribution >= 0.6 is 11.3 Å². The molecule has 0 atom stereocenters. The molecular weight excluding hydrogens is 250 g/mol. The number of thiophene rings is 1. The van der Waals surface area contributed by atoms with E-state index in [2.05, 4.69) is 18.7 Å². The summed E-state index contributed by atoms with van der Waals surface area (Å²) in [6.07, 6.45) is 1.11. The van der Waals surface area contributed by atoms with Crippen molar-refractivity contribution in [2.75, 3.05) is 30.8 Å². The van der Waals surface area contributed by atoms with Crippen molar-refractivity contribution in [3.63, 3.8) is 0 Å². The number of anilines is 2. The minimum atomic E-state index is -0.500. The molecule has 1 aromatic heterocycles. The molecule has 5 nitrogen and oxygen atoms in total. The van der Waals surface area contributed by atoms with Crippen LogP contribution in [0.3, 0.4) is 0 Å². The molecule has 0 spiro atoms. The fraction of sp³-hybridized carbons (Fsp3) is 0.583. The van der Waals surface area contributed by atoms with Gasteiger partial charge in [0.25, 0.3) is 5.91 Å². The minimum Gasteiger partial charge on any atom is -0.492 e. The standard InChI is InChI=1S/C12H19N3O2S/c1-12(2)4-5-15(6-12)11-8(17-3)7(13)9(18-11)10(14)16/h4-6,13H2,1-3H3,(H2,14,16). The fourth-order valence-electron chi connectivity index (χ4n) is 2.29. The van der Waals surface area contributed by atoms with Gasteiger partial charge in [0.1, 0.15) is 15.6 Å². The van der Waals surface area contributed by atoms with Gasteiger partial charge in [-0.05, 0) is 11.8 Å². The van der Waals surface area contributed by atoms with Crippen LogP contribution in [0.2, 0.25) is 0 Å². The van der Waals surface area contributed by atoms with E-state index in [-0.39, 0.29) is 5.41 Å². The first-order valence-electron chi connectivity index (χ1n) is 5.87. The van der Waals surface area contributed by atoms with Crippen molar-refractivity contribution >= 4 is 27.9 Å². The molecule has 6 heteroatoms. The molecule has 0 radical (unpaired) electrons. The lowest BCUT2D eigenvalue weighted by atomic mass is 9.93. The van der Waals surface area contributed by atoms with Crippen molar-refractivity contribution in [2.45, 2.75) is 20.3 Å². The van der Waals surface area contributed by atoms with E-state index in [1.165, 1.54) is 11.3 Å². The zero-order valence-electron chi connectivity index (χ0n) is 10.9. The van der Waals surface area contributed by atoms with Crippen LogP contribution in [0.1, 0.15) is 29.9 Å². The van der Waals surface area contributed by atoms with Crippen molar-refractivity contribution < 1.29 is 9.53 Å². The maximum absolute atomic E-state index is 11.3. The Balaban J connectivity index is 2.39. The van der Waals surface area contributed by atoms with E-state index in [0.29, 0.717) is 16.3 Å². The molecule has 1 aromatic rings. The Morgan fingerprint density at radius 2 is 2.17 bits per heavy atom.